The van der Waals surface area contributed by atoms with Gasteiger partial charge in [0.1, 0.15) is 5.00 Å². The van der Waals surface area contributed by atoms with Gasteiger partial charge in [0.25, 0.3) is 0 Å². The number of nitrogens with zero attached hydrogens (tertiary/aromatic N) is 3. The Morgan fingerprint density at radius 1 is 1.26 bits per heavy atom. The van der Waals surface area contributed by atoms with Crippen LogP contribution in [-0.4, -0.2) is 50.7 Å². The van der Waals surface area contributed by atoms with Crippen molar-refractivity contribution in [2.45, 2.75) is 57.6 Å². The zero-order valence-corrected chi connectivity index (χ0v) is 19.9. The van der Waals surface area contributed by atoms with Gasteiger partial charge in [-0.05, 0) is 63.3 Å². The number of rotatable bonds is 5. The minimum absolute atomic E-state index is 0.134. The first-order valence-electron chi connectivity index (χ1n) is 10.4. The predicted octanol–water partition coefficient (Wildman–Crippen LogP) is 3.86. The molecule has 0 radical (unpaired) electrons. The van der Waals surface area contributed by atoms with E-state index in [4.69, 9.17) is 4.74 Å². The number of carbonyl (C=O) groups is 3. The number of thioether (sulfide) groups is 2. The maximum Gasteiger partial charge on any atom is 0.341 e. The normalized spacial score (nSPS) is 19.0. The summed E-state index contributed by atoms with van der Waals surface area (Å²) in [5, 5.41) is 9.91. The Morgan fingerprint density at radius 2 is 2.06 bits per heavy atom. The van der Waals surface area contributed by atoms with Crippen molar-refractivity contribution in [3.8, 4) is 0 Å². The smallest absolute Gasteiger partial charge is 0.341 e. The highest BCUT2D eigenvalue weighted by Gasteiger charge is 2.31. The van der Waals surface area contributed by atoms with Gasteiger partial charge in [0, 0.05) is 17.8 Å². The van der Waals surface area contributed by atoms with Gasteiger partial charge in [0.2, 0.25) is 11.8 Å². The summed E-state index contributed by atoms with van der Waals surface area (Å²) in [7, 11) is 0. The Balaban J connectivity index is 1.45. The third kappa shape index (κ3) is 4.98. The van der Waals surface area contributed by atoms with Crippen molar-refractivity contribution in [1.29, 1.82) is 0 Å². The summed E-state index contributed by atoms with van der Waals surface area (Å²) in [5.74, 6) is -0.702. The second-order valence-electron chi connectivity index (χ2n) is 7.37. The number of esters is 1. The number of hydrazone groups is 1. The molecule has 4 rings (SSSR count). The van der Waals surface area contributed by atoms with Crippen LogP contribution >= 0.6 is 34.9 Å². The summed E-state index contributed by atoms with van der Waals surface area (Å²) in [6.45, 7) is 4.52. The number of hydrogen-bond donors (Lipinski definition) is 1. The van der Waals surface area contributed by atoms with Gasteiger partial charge in [-0.2, -0.15) is 10.1 Å². The van der Waals surface area contributed by atoms with Gasteiger partial charge in [0.05, 0.1) is 17.4 Å². The molecule has 2 amide bonds. The van der Waals surface area contributed by atoms with E-state index in [-0.39, 0.29) is 17.8 Å². The van der Waals surface area contributed by atoms with Gasteiger partial charge in [-0.3, -0.25) is 9.59 Å². The third-order valence-corrected chi connectivity index (χ3v) is 8.45. The minimum Gasteiger partial charge on any atom is -0.462 e. The van der Waals surface area contributed by atoms with Crippen molar-refractivity contribution >= 4 is 67.2 Å². The van der Waals surface area contributed by atoms with E-state index in [2.05, 4.69) is 15.4 Å². The van der Waals surface area contributed by atoms with E-state index in [1.165, 1.54) is 34.9 Å². The van der Waals surface area contributed by atoms with Crippen LogP contribution in [0.1, 0.15) is 60.3 Å². The number of anilines is 1. The molecule has 1 unspecified atom stereocenters. The number of thiophene rings is 1. The molecule has 2 aliphatic heterocycles. The second kappa shape index (κ2) is 9.74. The number of amides is 2. The minimum atomic E-state index is -0.430. The van der Waals surface area contributed by atoms with Crippen molar-refractivity contribution in [2.75, 3.05) is 18.5 Å². The predicted molar refractivity (Wildman–Crippen MR) is 126 cm³/mol. The first kappa shape index (κ1) is 22.3. The average Bonchev–Trinajstić information content (AvgIpc) is 3.23. The molecule has 1 aromatic rings. The van der Waals surface area contributed by atoms with Crippen LogP contribution in [0.25, 0.3) is 0 Å². The molecule has 1 atom stereocenters. The molecule has 1 aliphatic carbocycles. The van der Waals surface area contributed by atoms with E-state index in [0.29, 0.717) is 46.1 Å². The standard InChI is InChI=1S/C20H24N4O4S3/c1-3-28-18(27)15-12-7-4-5-8-13(12)30-17(15)22-16(26)11(2)29-20-23-24-10-6-9-14(25)21-19(24)31-20/h11H,3-10H2,1-2H3,(H,22,26). The molecule has 0 spiro atoms. The lowest BCUT2D eigenvalue weighted by atomic mass is 9.95. The summed E-state index contributed by atoms with van der Waals surface area (Å²) in [4.78, 5) is 42.5. The molecule has 11 heteroatoms. The van der Waals surface area contributed by atoms with E-state index >= 15 is 0 Å². The quantitative estimate of drug-likeness (QED) is 0.639. The van der Waals surface area contributed by atoms with E-state index in [0.717, 1.165) is 36.1 Å². The Bertz CT molecular complexity index is 972. The highest BCUT2D eigenvalue weighted by molar-refractivity contribution is 8.45. The fourth-order valence-corrected chi connectivity index (χ4v) is 7.02. The molecular formula is C20H24N4O4S3. The zero-order valence-electron chi connectivity index (χ0n) is 17.4. The van der Waals surface area contributed by atoms with Gasteiger partial charge in [-0.15, -0.1) is 11.3 Å². The first-order chi connectivity index (χ1) is 15.0. The highest BCUT2D eigenvalue weighted by atomic mass is 32.2. The number of carbonyl (C=O) groups excluding carboxylic acids is 3. The number of ether oxygens (including phenoxy) is 1. The Kier molecular flexibility index (Phi) is 7.02. The number of fused-ring (bicyclic) bond motifs is 2. The highest BCUT2D eigenvalue weighted by Crippen LogP contribution is 2.39. The zero-order chi connectivity index (χ0) is 22.0. The van der Waals surface area contributed by atoms with Gasteiger partial charge in [0.15, 0.2) is 9.54 Å². The SMILES string of the molecule is CCOC(=O)c1c(NC(=O)C(C)SC2=NN3CCCC(=O)N=C3S2)sc2c1CCCC2. The number of aliphatic imine (C=N–C) groups is 1. The largest absolute Gasteiger partial charge is 0.462 e. The molecule has 1 aromatic heterocycles. The number of hydrogen-bond acceptors (Lipinski definition) is 9. The maximum atomic E-state index is 12.9. The van der Waals surface area contributed by atoms with Crippen molar-refractivity contribution < 1.29 is 19.1 Å². The van der Waals surface area contributed by atoms with Crippen molar-refractivity contribution in [3.63, 3.8) is 0 Å². The van der Waals surface area contributed by atoms with Crippen molar-refractivity contribution in [3.05, 3.63) is 16.0 Å². The summed E-state index contributed by atoms with van der Waals surface area (Å²) in [6, 6.07) is 0. The van der Waals surface area contributed by atoms with Gasteiger partial charge in [-0.25, -0.2) is 9.80 Å². The number of amidine groups is 1. The van der Waals surface area contributed by atoms with E-state index in [1.807, 2.05) is 0 Å². The summed E-state index contributed by atoms with van der Waals surface area (Å²) < 4.78 is 5.95. The van der Waals surface area contributed by atoms with E-state index < -0.39 is 5.25 Å². The van der Waals surface area contributed by atoms with Gasteiger partial charge in [-0.1, -0.05) is 11.8 Å². The molecule has 3 aliphatic rings. The van der Waals surface area contributed by atoms with Gasteiger partial charge < -0.3 is 10.1 Å². The average molecular weight is 481 g/mol. The molecule has 0 bridgehead atoms. The Hall–Kier alpha value is -1.85. The molecule has 1 N–H and O–H groups in total. The van der Waals surface area contributed by atoms with Crippen molar-refractivity contribution in [1.82, 2.24) is 5.01 Å². The maximum absolute atomic E-state index is 12.9. The number of nitrogens with one attached hydrogen (secondary N) is 1. The van der Waals surface area contributed by atoms with E-state index in [1.54, 1.807) is 18.9 Å². The Labute approximate surface area is 193 Å². The van der Waals surface area contributed by atoms with Crippen LogP contribution in [0.4, 0.5) is 5.00 Å². The molecule has 3 heterocycles. The van der Waals surface area contributed by atoms with Crippen LogP contribution in [0, 0.1) is 0 Å². The lowest BCUT2D eigenvalue weighted by Crippen LogP contribution is -2.24. The topological polar surface area (TPSA) is 100 Å². The third-order valence-electron chi connectivity index (χ3n) is 5.12. The fourth-order valence-electron chi connectivity index (χ4n) is 3.60. The van der Waals surface area contributed by atoms with Crippen LogP contribution < -0.4 is 5.32 Å². The van der Waals surface area contributed by atoms with Crippen LogP contribution in [-0.2, 0) is 27.2 Å². The molecule has 31 heavy (non-hydrogen) atoms. The molecule has 0 aromatic carbocycles. The monoisotopic (exact) mass is 480 g/mol. The van der Waals surface area contributed by atoms with E-state index in [9.17, 15) is 14.4 Å². The second-order valence-corrected chi connectivity index (χ2v) is 11.0. The van der Waals surface area contributed by atoms with Crippen LogP contribution in [0.2, 0.25) is 0 Å². The van der Waals surface area contributed by atoms with Crippen molar-refractivity contribution in [2.24, 2.45) is 10.1 Å². The van der Waals surface area contributed by atoms with Crippen LogP contribution in [0.5, 0.6) is 0 Å². The number of aryl methyl sites for hydroxylation is 1. The lowest BCUT2D eigenvalue weighted by molar-refractivity contribution is -0.118. The molecule has 8 nitrogen and oxygen atoms in total. The van der Waals surface area contributed by atoms with Crippen LogP contribution in [0.3, 0.4) is 0 Å². The summed E-state index contributed by atoms with van der Waals surface area (Å²) >= 11 is 4.12. The summed E-state index contributed by atoms with van der Waals surface area (Å²) in [6.07, 6.45) is 5.04. The first-order valence-corrected chi connectivity index (χ1v) is 12.9. The van der Waals surface area contributed by atoms with Crippen LogP contribution in [0.15, 0.2) is 10.1 Å². The molecule has 166 valence electrons. The molecule has 0 saturated carbocycles. The van der Waals surface area contributed by atoms with Gasteiger partial charge >= 0.3 is 5.97 Å². The fraction of sp³-hybridized carbons (Fsp3) is 0.550. The lowest BCUT2D eigenvalue weighted by Gasteiger charge is -2.13. The molecule has 0 fully saturated rings. The Morgan fingerprint density at radius 3 is 2.87 bits per heavy atom. The molecule has 0 saturated heterocycles. The molecular weight excluding hydrogens is 456 g/mol. The summed E-state index contributed by atoms with van der Waals surface area (Å²) in [5.41, 5.74) is 1.54.